The molecule has 0 aromatic rings. The van der Waals surface area contributed by atoms with Crippen LogP contribution in [0.3, 0.4) is 0 Å². The molecule has 0 heterocycles. The van der Waals surface area contributed by atoms with Crippen molar-refractivity contribution < 1.29 is 28.6 Å². The minimum atomic E-state index is -0.778. The van der Waals surface area contributed by atoms with Gasteiger partial charge < -0.3 is 14.2 Å². The van der Waals surface area contributed by atoms with Crippen LogP contribution in [0.1, 0.15) is 374 Å². The van der Waals surface area contributed by atoms with E-state index in [9.17, 15) is 14.4 Å². The Morgan fingerprint density at radius 1 is 0.276 bits per heavy atom. The van der Waals surface area contributed by atoms with Crippen LogP contribution < -0.4 is 0 Å². The maximum Gasteiger partial charge on any atom is 0.306 e. The van der Waals surface area contributed by atoms with Crippen LogP contribution in [0.25, 0.3) is 0 Å². The molecule has 1 unspecified atom stereocenters. The van der Waals surface area contributed by atoms with Crippen molar-refractivity contribution in [1.82, 2.24) is 0 Å². The lowest BCUT2D eigenvalue weighted by Gasteiger charge is -2.18. The molecule has 0 spiro atoms. The van der Waals surface area contributed by atoms with Crippen molar-refractivity contribution in [3.63, 3.8) is 0 Å². The predicted octanol–water partition coefficient (Wildman–Crippen LogP) is 23.2. The first-order valence-electron chi connectivity index (χ1n) is 34.0. The molecule has 0 saturated heterocycles. The fraction of sp³-hybridized carbons (Fsp3) is 0.871. The monoisotopic (exact) mass is 1070 g/mol. The summed E-state index contributed by atoms with van der Waals surface area (Å²) in [7, 11) is 0. The van der Waals surface area contributed by atoms with Crippen LogP contribution in [-0.2, 0) is 28.6 Å². The number of unbranched alkanes of at least 4 members (excludes halogenated alkanes) is 46. The second kappa shape index (κ2) is 65.2. The van der Waals surface area contributed by atoms with Gasteiger partial charge in [-0.15, -0.1) is 0 Å². The first-order chi connectivity index (χ1) is 37.5. The van der Waals surface area contributed by atoms with Gasteiger partial charge in [-0.3, -0.25) is 14.4 Å². The van der Waals surface area contributed by atoms with Crippen LogP contribution in [-0.4, -0.2) is 37.2 Å². The molecule has 0 bridgehead atoms. The Kier molecular flexibility index (Phi) is 63.1. The molecule has 0 aromatic heterocycles. The van der Waals surface area contributed by atoms with Gasteiger partial charge >= 0.3 is 17.9 Å². The van der Waals surface area contributed by atoms with Crippen LogP contribution in [0.2, 0.25) is 0 Å². The van der Waals surface area contributed by atoms with Gasteiger partial charge in [-0.05, 0) is 51.4 Å². The molecule has 1 atom stereocenters. The second-order valence-electron chi connectivity index (χ2n) is 23.1. The van der Waals surface area contributed by atoms with E-state index in [-0.39, 0.29) is 31.1 Å². The van der Waals surface area contributed by atoms with Crippen molar-refractivity contribution in [2.45, 2.75) is 380 Å². The third-order valence-electron chi connectivity index (χ3n) is 15.4. The van der Waals surface area contributed by atoms with Gasteiger partial charge in [-0.1, -0.05) is 340 Å². The first-order valence-corrected chi connectivity index (χ1v) is 34.0. The Labute approximate surface area is 474 Å². The lowest BCUT2D eigenvalue weighted by molar-refractivity contribution is -0.167. The van der Waals surface area contributed by atoms with Gasteiger partial charge in [0.1, 0.15) is 13.2 Å². The van der Waals surface area contributed by atoms with Gasteiger partial charge in [0.2, 0.25) is 0 Å². The van der Waals surface area contributed by atoms with Gasteiger partial charge in [-0.2, -0.15) is 0 Å². The number of carbonyl (C=O) groups is 3. The fourth-order valence-electron chi connectivity index (χ4n) is 10.3. The minimum Gasteiger partial charge on any atom is -0.462 e. The zero-order valence-electron chi connectivity index (χ0n) is 51.3. The predicted molar refractivity (Wildman–Crippen MR) is 330 cm³/mol. The van der Waals surface area contributed by atoms with E-state index in [0.29, 0.717) is 19.3 Å². The van der Waals surface area contributed by atoms with E-state index >= 15 is 0 Å². The summed E-state index contributed by atoms with van der Waals surface area (Å²) in [6.45, 7) is 6.57. The van der Waals surface area contributed by atoms with E-state index < -0.39 is 6.10 Å². The zero-order valence-corrected chi connectivity index (χ0v) is 51.3. The molecule has 0 amide bonds. The lowest BCUT2D eigenvalue weighted by Crippen LogP contribution is -2.30. The van der Waals surface area contributed by atoms with E-state index in [2.05, 4.69) is 57.2 Å². The average molecular weight is 1070 g/mol. The zero-order chi connectivity index (χ0) is 55.0. The second-order valence-corrected chi connectivity index (χ2v) is 23.1. The third kappa shape index (κ3) is 62.5. The highest BCUT2D eigenvalue weighted by molar-refractivity contribution is 5.71. The largest absolute Gasteiger partial charge is 0.462 e. The molecule has 0 fully saturated rings. The Balaban J connectivity index is 4.09. The van der Waals surface area contributed by atoms with E-state index in [4.69, 9.17) is 14.2 Å². The summed E-state index contributed by atoms with van der Waals surface area (Å²) in [5.41, 5.74) is 0. The van der Waals surface area contributed by atoms with Gasteiger partial charge in [-0.25, -0.2) is 0 Å². The van der Waals surface area contributed by atoms with Crippen molar-refractivity contribution in [2.75, 3.05) is 13.2 Å². The smallest absolute Gasteiger partial charge is 0.306 e. The Morgan fingerprint density at radius 2 is 0.513 bits per heavy atom. The van der Waals surface area contributed by atoms with E-state index in [1.807, 2.05) is 0 Å². The van der Waals surface area contributed by atoms with Crippen LogP contribution in [0, 0.1) is 0 Å². The molecule has 0 radical (unpaired) electrons. The van der Waals surface area contributed by atoms with Crippen molar-refractivity contribution in [1.29, 1.82) is 0 Å². The third-order valence-corrected chi connectivity index (χ3v) is 15.4. The fourth-order valence-corrected chi connectivity index (χ4v) is 10.3. The normalized spacial score (nSPS) is 12.2. The Morgan fingerprint density at radius 3 is 0.803 bits per heavy atom. The van der Waals surface area contributed by atoms with E-state index in [0.717, 1.165) is 96.3 Å². The molecule has 0 aliphatic carbocycles. The summed E-state index contributed by atoms with van der Waals surface area (Å²) >= 11 is 0. The average Bonchev–Trinajstić information content (AvgIpc) is 3.42. The Bertz CT molecular complexity index is 1270. The maximum absolute atomic E-state index is 12.9. The molecule has 0 saturated carbocycles. The standard InChI is InChI=1S/C70H130O6/c1-4-7-10-13-16-19-22-25-27-28-29-30-31-32-33-34-35-36-37-38-39-40-41-42-44-45-48-51-54-57-60-63-69(72)75-66-67(65-74-68(71)62-59-56-53-50-47-24-21-18-15-12-9-6-3)76-70(73)64-61-58-55-52-49-46-43-26-23-20-17-14-11-8-5-2/h8,11,17,20,26,43,67H,4-7,9-10,12-16,18-19,21-25,27-42,44-66H2,1-3H3/b11-8-,20-17-,43-26-. The molecule has 0 aromatic carbocycles. The van der Waals surface area contributed by atoms with Crippen LogP contribution in [0.15, 0.2) is 36.5 Å². The summed E-state index contributed by atoms with van der Waals surface area (Å²) in [4.78, 5) is 38.2. The summed E-state index contributed by atoms with van der Waals surface area (Å²) in [5.74, 6) is -0.868. The molecule has 6 heteroatoms. The van der Waals surface area contributed by atoms with Gasteiger partial charge in [0.25, 0.3) is 0 Å². The lowest BCUT2D eigenvalue weighted by atomic mass is 10.0. The quantitative estimate of drug-likeness (QED) is 0.0261. The van der Waals surface area contributed by atoms with Gasteiger partial charge in [0.15, 0.2) is 6.10 Å². The van der Waals surface area contributed by atoms with E-state index in [1.54, 1.807) is 0 Å². The summed E-state index contributed by atoms with van der Waals surface area (Å²) < 4.78 is 16.9. The number of carbonyl (C=O) groups excluding carboxylic acids is 3. The molecule has 0 N–H and O–H groups in total. The van der Waals surface area contributed by atoms with Crippen LogP contribution in [0.4, 0.5) is 0 Å². The number of allylic oxidation sites excluding steroid dienone is 6. The number of ether oxygens (including phenoxy) is 3. The number of esters is 3. The number of hydrogen-bond donors (Lipinski definition) is 0. The van der Waals surface area contributed by atoms with Crippen molar-refractivity contribution in [2.24, 2.45) is 0 Å². The molecule has 446 valence electrons. The molecule has 0 rings (SSSR count). The van der Waals surface area contributed by atoms with E-state index in [1.165, 1.54) is 238 Å². The minimum absolute atomic E-state index is 0.0741. The topological polar surface area (TPSA) is 78.9 Å². The Hall–Kier alpha value is -2.37. The summed E-state index contributed by atoms with van der Waals surface area (Å²) in [5, 5.41) is 0. The van der Waals surface area contributed by atoms with Crippen molar-refractivity contribution in [3.8, 4) is 0 Å². The molecule has 76 heavy (non-hydrogen) atoms. The highest BCUT2D eigenvalue weighted by Gasteiger charge is 2.19. The SMILES string of the molecule is CC/C=C\C/C=C\C/C=C\CCCCCCCC(=O)OC(COC(=O)CCCCCCCCCCCCCC)COC(=O)CCCCCCCCCCCCCCCCCCCCCCCCCCCCCCCCC. The first kappa shape index (κ1) is 73.6. The summed E-state index contributed by atoms with van der Waals surface area (Å²) in [6.07, 6.45) is 80.5. The highest BCUT2D eigenvalue weighted by Crippen LogP contribution is 2.19. The number of rotatable bonds is 63. The molecular formula is C70H130O6. The summed E-state index contributed by atoms with van der Waals surface area (Å²) in [6, 6.07) is 0. The van der Waals surface area contributed by atoms with Crippen LogP contribution >= 0.6 is 0 Å². The van der Waals surface area contributed by atoms with Gasteiger partial charge in [0, 0.05) is 19.3 Å². The van der Waals surface area contributed by atoms with Gasteiger partial charge in [0.05, 0.1) is 0 Å². The van der Waals surface area contributed by atoms with Crippen molar-refractivity contribution in [3.05, 3.63) is 36.5 Å². The van der Waals surface area contributed by atoms with Crippen LogP contribution in [0.5, 0.6) is 0 Å². The van der Waals surface area contributed by atoms with Crippen molar-refractivity contribution >= 4 is 17.9 Å². The molecular weight excluding hydrogens is 937 g/mol. The molecule has 0 aliphatic heterocycles. The number of hydrogen-bond acceptors (Lipinski definition) is 6. The molecule has 6 nitrogen and oxygen atoms in total. The molecule has 0 aliphatic rings. The highest BCUT2D eigenvalue weighted by atomic mass is 16.6. The maximum atomic E-state index is 12.9.